The van der Waals surface area contributed by atoms with E-state index in [0.29, 0.717) is 29.2 Å². The van der Waals surface area contributed by atoms with Gasteiger partial charge in [-0.15, -0.1) is 0 Å². The molecule has 5 nitrogen and oxygen atoms in total. The van der Waals surface area contributed by atoms with Crippen molar-refractivity contribution in [2.75, 3.05) is 27.2 Å². The highest BCUT2D eigenvalue weighted by Crippen LogP contribution is 2.24. The smallest absolute Gasteiger partial charge is 0.251 e. The zero-order chi connectivity index (χ0) is 21.8. The monoisotopic (exact) mass is 415 g/mol. The molecule has 0 bridgehead atoms. The van der Waals surface area contributed by atoms with Crippen LogP contribution in [-0.2, 0) is 13.0 Å². The standard InChI is InChI=1S/C23H28F2N4O/c1-15(2)14-29-22-12-20(23(30)26-7-8-28(3)4)17(10-18(22)13-27-29)9-16-5-6-19(24)11-21(16)25/h5-6,10-13,15H,7-9,14H2,1-4H3,(H,26,30)/p+1. The summed E-state index contributed by atoms with van der Waals surface area (Å²) < 4.78 is 29.5. The number of benzene rings is 2. The van der Waals surface area contributed by atoms with Crippen molar-refractivity contribution in [2.24, 2.45) is 5.92 Å². The largest absolute Gasteiger partial charge is 0.346 e. The summed E-state index contributed by atoms with van der Waals surface area (Å²) in [5, 5.41) is 8.30. The lowest BCUT2D eigenvalue weighted by Gasteiger charge is -2.14. The summed E-state index contributed by atoms with van der Waals surface area (Å²) >= 11 is 0. The number of halogens is 2. The summed E-state index contributed by atoms with van der Waals surface area (Å²) in [5.41, 5.74) is 2.39. The third-order valence-corrected chi connectivity index (χ3v) is 4.96. The van der Waals surface area contributed by atoms with Gasteiger partial charge in [0.05, 0.1) is 38.9 Å². The predicted octanol–water partition coefficient (Wildman–Crippen LogP) is 2.44. The fourth-order valence-corrected chi connectivity index (χ4v) is 3.41. The van der Waals surface area contributed by atoms with E-state index in [2.05, 4.69) is 24.3 Å². The number of nitrogens with one attached hydrogen (secondary N) is 2. The van der Waals surface area contributed by atoms with Crippen LogP contribution in [0.1, 0.15) is 35.3 Å². The normalized spacial score (nSPS) is 11.6. The summed E-state index contributed by atoms with van der Waals surface area (Å²) in [4.78, 5) is 14.2. The number of fused-ring (bicyclic) bond motifs is 1. The Morgan fingerprint density at radius 3 is 2.60 bits per heavy atom. The maximum Gasteiger partial charge on any atom is 0.251 e. The van der Waals surface area contributed by atoms with Gasteiger partial charge in [-0.2, -0.15) is 5.10 Å². The molecule has 0 fully saturated rings. The first-order chi connectivity index (χ1) is 14.2. The number of hydrogen-bond donors (Lipinski definition) is 2. The van der Waals surface area contributed by atoms with Crippen molar-refractivity contribution < 1.29 is 18.5 Å². The Kier molecular flexibility index (Phi) is 6.82. The molecule has 0 aliphatic heterocycles. The summed E-state index contributed by atoms with van der Waals surface area (Å²) in [6.45, 7) is 6.28. The predicted molar refractivity (Wildman–Crippen MR) is 114 cm³/mol. The van der Waals surface area contributed by atoms with Gasteiger partial charge >= 0.3 is 0 Å². The van der Waals surface area contributed by atoms with Crippen LogP contribution in [-0.4, -0.2) is 42.9 Å². The van der Waals surface area contributed by atoms with E-state index >= 15 is 0 Å². The Balaban J connectivity index is 2.01. The lowest BCUT2D eigenvalue weighted by atomic mass is 9.97. The molecule has 7 heteroatoms. The van der Waals surface area contributed by atoms with Crippen LogP contribution in [0, 0.1) is 17.6 Å². The molecular formula is C23H29F2N4O+. The van der Waals surface area contributed by atoms with Crippen molar-refractivity contribution in [3.05, 3.63) is 64.9 Å². The second-order valence-electron chi connectivity index (χ2n) is 8.41. The molecule has 1 heterocycles. The molecule has 30 heavy (non-hydrogen) atoms. The molecule has 0 saturated carbocycles. The molecule has 2 aromatic carbocycles. The molecule has 0 radical (unpaired) electrons. The molecule has 3 aromatic rings. The minimum atomic E-state index is -0.620. The average Bonchev–Trinajstić information content (AvgIpc) is 3.04. The SMILES string of the molecule is CC(C)Cn1ncc2cc(Cc3ccc(F)cc3F)c(C(=O)NCC[NH+](C)C)cc21. The molecule has 0 spiro atoms. The van der Waals surface area contributed by atoms with Crippen LogP contribution < -0.4 is 10.2 Å². The maximum atomic E-state index is 14.3. The number of nitrogens with zero attached hydrogens (tertiary/aromatic N) is 2. The number of quaternary nitrogens is 1. The Morgan fingerprint density at radius 2 is 1.93 bits per heavy atom. The van der Waals surface area contributed by atoms with Crippen molar-refractivity contribution in [2.45, 2.75) is 26.8 Å². The second-order valence-corrected chi connectivity index (χ2v) is 8.41. The van der Waals surface area contributed by atoms with Gasteiger partial charge in [-0.3, -0.25) is 9.48 Å². The van der Waals surface area contributed by atoms with Crippen molar-refractivity contribution in [3.63, 3.8) is 0 Å². The van der Waals surface area contributed by atoms with Crippen molar-refractivity contribution in [3.8, 4) is 0 Å². The fourth-order valence-electron chi connectivity index (χ4n) is 3.41. The fraction of sp³-hybridized carbons (Fsp3) is 0.391. The van der Waals surface area contributed by atoms with E-state index in [4.69, 9.17) is 0 Å². The molecule has 0 atom stereocenters. The van der Waals surface area contributed by atoms with Gasteiger partial charge in [0.1, 0.15) is 11.6 Å². The minimum absolute atomic E-state index is 0.194. The summed E-state index contributed by atoms with van der Waals surface area (Å²) in [6, 6.07) is 7.24. The third-order valence-electron chi connectivity index (χ3n) is 4.96. The first-order valence-electron chi connectivity index (χ1n) is 10.2. The number of carbonyl (C=O) groups is 1. The first kappa shape index (κ1) is 21.9. The number of hydrogen-bond acceptors (Lipinski definition) is 2. The highest BCUT2D eigenvalue weighted by atomic mass is 19.1. The number of carbonyl (C=O) groups excluding carboxylic acids is 1. The van der Waals surface area contributed by atoms with Gasteiger partial charge in [0.2, 0.25) is 0 Å². The molecule has 3 rings (SSSR count). The lowest BCUT2D eigenvalue weighted by Crippen LogP contribution is -3.06. The average molecular weight is 416 g/mol. The number of rotatable bonds is 8. The Hall–Kier alpha value is -2.80. The number of amides is 1. The van der Waals surface area contributed by atoms with Crippen LogP contribution >= 0.6 is 0 Å². The molecule has 0 saturated heterocycles. The molecule has 0 aliphatic carbocycles. The second kappa shape index (κ2) is 9.34. The zero-order valence-corrected chi connectivity index (χ0v) is 17.9. The first-order valence-corrected chi connectivity index (χ1v) is 10.2. The zero-order valence-electron chi connectivity index (χ0n) is 17.9. The maximum absolute atomic E-state index is 14.3. The molecule has 2 N–H and O–H groups in total. The quantitative estimate of drug-likeness (QED) is 0.594. The van der Waals surface area contributed by atoms with E-state index in [1.807, 2.05) is 30.9 Å². The van der Waals surface area contributed by atoms with Crippen molar-refractivity contribution in [1.29, 1.82) is 0 Å². The van der Waals surface area contributed by atoms with Crippen LogP contribution in [0.15, 0.2) is 36.5 Å². The Labute approximate surface area is 175 Å². The highest BCUT2D eigenvalue weighted by Gasteiger charge is 2.17. The van der Waals surface area contributed by atoms with E-state index in [-0.39, 0.29) is 12.3 Å². The number of likely N-dealkylation sites (N-methyl/N-ethyl adjacent to an activating group) is 1. The van der Waals surface area contributed by atoms with E-state index in [0.717, 1.165) is 30.1 Å². The topological polar surface area (TPSA) is 51.4 Å². The van der Waals surface area contributed by atoms with Gasteiger partial charge in [0.25, 0.3) is 5.91 Å². The molecule has 0 unspecified atom stereocenters. The van der Waals surface area contributed by atoms with E-state index in [9.17, 15) is 13.6 Å². The van der Waals surface area contributed by atoms with Gasteiger partial charge in [-0.1, -0.05) is 19.9 Å². The molecule has 1 aromatic heterocycles. The Bertz CT molecular complexity index is 1040. The van der Waals surface area contributed by atoms with Crippen LogP contribution in [0.3, 0.4) is 0 Å². The third kappa shape index (κ3) is 5.21. The lowest BCUT2D eigenvalue weighted by molar-refractivity contribution is -0.856. The van der Waals surface area contributed by atoms with Gasteiger partial charge in [0, 0.05) is 30.0 Å². The molecular weight excluding hydrogens is 386 g/mol. The summed E-state index contributed by atoms with van der Waals surface area (Å²) in [7, 11) is 4.04. The van der Waals surface area contributed by atoms with Gasteiger partial charge in [-0.05, 0) is 35.2 Å². The van der Waals surface area contributed by atoms with Crippen LogP contribution in [0.4, 0.5) is 8.78 Å². The van der Waals surface area contributed by atoms with Gasteiger partial charge in [-0.25, -0.2) is 8.78 Å². The van der Waals surface area contributed by atoms with Gasteiger partial charge in [0.15, 0.2) is 0 Å². The van der Waals surface area contributed by atoms with Crippen LogP contribution in [0.5, 0.6) is 0 Å². The van der Waals surface area contributed by atoms with E-state index in [1.54, 1.807) is 6.20 Å². The minimum Gasteiger partial charge on any atom is -0.346 e. The highest BCUT2D eigenvalue weighted by molar-refractivity contribution is 5.99. The van der Waals surface area contributed by atoms with Crippen molar-refractivity contribution >= 4 is 16.8 Å². The Morgan fingerprint density at radius 1 is 1.17 bits per heavy atom. The van der Waals surface area contributed by atoms with Crippen molar-refractivity contribution in [1.82, 2.24) is 15.1 Å². The summed E-state index contributed by atoms with van der Waals surface area (Å²) in [5.74, 6) is -1.03. The number of aromatic nitrogens is 2. The molecule has 0 aliphatic rings. The summed E-state index contributed by atoms with van der Waals surface area (Å²) in [6.07, 6.45) is 1.96. The van der Waals surface area contributed by atoms with E-state index in [1.165, 1.54) is 17.0 Å². The van der Waals surface area contributed by atoms with Crippen LogP contribution in [0.25, 0.3) is 10.9 Å². The van der Waals surface area contributed by atoms with Gasteiger partial charge < -0.3 is 10.2 Å². The molecule has 160 valence electrons. The van der Waals surface area contributed by atoms with Crippen LogP contribution in [0.2, 0.25) is 0 Å². The molecule has 1 amide bonds. The van der Waals surface area contributed by atoms with E-state index < -0.39 is 11.6 Å².